The van der Waals surface area contributed by atoms with Crippen LogP contribution in [0.25, 0.3) is 10.4 Å². The predicted molar refractivity (Wildman–Crippen MR) is 194 cm³/mol. The Morgan fingerprint density at radius 3 is 1.41 bits per heavy atom. The zero-order valence-corrected chi connectivity index (χ0v) is 28.5. The zero-order chi connectivity index (χ0) is 30.5. The van der Waals surface area contributed by atoms with Gasteiger partial charge in [-0.05, 0) is 76.1 Å². The summed E-state index contributed by atoms with van der Waals surface area (Å²) in [7, 11) is 0. The van der Waals surface area contributed by atoms with Gasteiger partial charge in [0.2, 0.25) is 0 Å². The van der Waals surface area contributed by atoms with Crippen molar-refractivity contribution in [1.82, 2.24) is 0 Å². The molecule has 3 aromatic carbocycles. The third-order valence-corrected chi connectivity index (χ3v) is 11.0. The molecule has 0 aliphatic heterocycles. The number of unbranched alkanes of at least 4 members (excludes halogenated alkanes) is 14. The van der Waals surface area contributed by atoms with Crippen LogP contribution in [0.2, 0.25) is 0 Å². The molecule has 5 rings (SSSR count). The van der Waals surface area contributed by atoms with Crippen LogP contribution >= 0.6 is 11.3 Å². The van der Waals surface area contributed by atoms with E-state index in [1.165, 1.54) is 159 Å². The maximum absolute atomic E-state index is 2.44. The molecule has 1 aliphatic carbocycles. The fourth-order valence-corrected chi connectivity index (χ4v) is 8.52. The van der Waals surface area contributed by atoms with Crippen LogP contribution in [-0.4, -0.2) is 0 Å². The molecule has 1 heteroatoms. The lowest BCUT2D eigenvalue weighted by molar-refractivity contribution is 0.575. The third-order valence-electron chi connectivity index (χ3n) is 10.1. The first-order valence-electron chi connectivity index (χ1n) is 18.2. The van der Waals surface area contributed by atoms with E-state index < -0.39 is 0 Å². The summed E-state index contributed by atoms with van der Waals surface area (Å²) in [5.41, 5.74) is 9.81. The van der Waals surface area contributed by atoms with E-state index in [0.29, 0.717) is 0 Å². The van der Waals surface area contributed by atoms with Gasteiger partial charge < -0.3 is 0 Å². The van der Waals surface area contributed by atoms with Crippen molar-refractivity contribution >= 4 is 11.3 Å². The van der Waals surface area contributed by atoms with Crippen molar-refractivity contribution in [2.45, 2.75) is 135 Å². The van der Waals surface area contributed by atoms with E-state index in [1.807, 2.05) is 11.3 Å². The lowest BCUT2D eigenvalue weighted by Gasteiger charge is -2.33. The number of hydrogen-bond donors (Lipinski definition) is 0. The topological polar surface area (TPSA) is 0 Å². The quantitative estimate of drug-likeness (QED) is 0.0775. The van der Waals surface area contributed by atoms with Gasteiger partial charge in [0.25, 0.3) is 0 Å². The number of aryl methyl sites for hydroxylation is 2. The molecule has 44 heavy (non-hydrogen) atoms. The highest BCUT2D eigenvalue weighted by Gasteiger charge is 2.46. The van der Waals surface area contributed by atoms with Gasteiger partial charge in [-0.3, -0.25) is 0 Å². The molecule has 0 saturated carbocycles. The number of rotatable bonds is 20. The van der Waals surface area contributed by atoms with Crippen LogP contribution in [0, 0.1) is 0 Å². The molecule has 0 spiro atoms. The van der Waals surface area contributed by atoms with Crippen molar-refractivity contribution in [3.05, 3.63) is 118 Å². The Balaban J connectivity index is 1.30. The molecule has 0 nitrogen and oxygen atoms in total. The standard InChI is InChI=1S/C43H56S/c1-3-5-7-9-11-13-15-17-21-35-25-29-37(30-26-35)43(40-24-20-19-23-39(40)42-41(43)33-34-44-42)38-31-27-36(28-32-38)22-18-16-14-12-10-8-6-4-2/h19-20,23-34H,3-18,21-22H2,1-2H3. The van der Waals surface area contributed by atoms with E-state index in [0.717, 1.165) is 0 Å². The van der Waals surface area contributed by atoms with Crippen LogP contribution in [0.5, 0.6) is 0 Å². The lowest BCUT2D eigenvalue weighted by Crippen LogP contribution is -2.28. The first-order valence-corrected chi connectivity index (χ1v) is 19.0. The van der Waals surface area contributed by atoms with Crippen LogP contribution in [-0.2, 0) is 18.3 Å². The highest BCUT2D eigenvalue weighted by atomic mass is 32.1. The average Bonchev–Trinajstić information content (AvgIpc) is 3.65. The molecule has 0 saturated heterocycles. The SMILES string of the molecule is CCCCCCCCCCc1ccc(C2(c3ccc(CCCCCCCCCC)cc3)c3ccccc3-c3sccc32)cc1. The number of benzene rings is 3. The summed E-state index contributed by atoms with van der Waals surface area (Å²) < 4.78 is 0. The molecule has 0 radical (unpaired) electrons. The maximum Gasteiger partial charge on any atom is 0.0722 e. The maximum atomic E-state index is 2.44. The normalized spacial score (nSPS) is 13.2. The van der Waals surface area contributed by atoms with Crippen molar-refractivity contribution in [1.29, 1.82) is 0 Å². The molecule has 1 aromatic heterocycles. The van der Waals surface area contributed by atoms with Gasteiger partial charge in [0.15, 0.2) is 0 Å². The number of thiophene rings is 1. The number of fused-ring (bicyclic) bond motifs is 3. The van der Waals surface area contributed by atoms with Crippen molar-refractivity contribution in [3.8, 4) is 10.4 Å². The van der Waals surface area contributed by atoms with E-state index in [1.54, 1.807) is 0 Å². The summed E-state index contributed by atoms with van der Waals surface area (Å²) in [6.07, 6.45) is 24.4. The van der Waals surface area contributed by atoms with E-state index >= 15 is 0 Å². The second-order valence-electron chi connectivity index (χ2n) is 13.3. The van der Waals surface area contributed by atoms with Gasteiger partial charge in [0.1, 0.15) is 0 Å². The Kier molecular flexibility index (Phi) is 12.8. The summed E-state index contributed by atoms with van der Waals surface area (Å²) in [5.74, 6) is 0. The molecule has 0 amide bonds. The molecule has 1 heterocycles. The van der Waals surface area contributed by atoms with Crippen LogP contribution in [0.15, 0.2) is 84.2 Å². The molecule has 0 bridgehead atoms. The minimum Gasteiger partial charge on any atom is -0.143 e. The molecule has 0 unspecified atom stereocenters. The van der Waals surface area contributed by atoms with Gasteiger partial charge >= 0.3 is 0 Å². The van der Waals surface area contributed by atoms with Gasteiger partial charge in [0, 0.05) is 4.88 Å². The predicted octanol–water partition coefficient (Wildman–Crippen LogP) is 13.5. The Morgan fingerprint density at radius 2 is 0.909 bits per heavy atom. The van der Waals surface area contributed by atoms with Crippen molar-refractivity contribution < 1.29 is 0 Å². The van der Waals surface area contributed by atoms with Gasteiger partial charge in [-0.2, -0.15) is 0 Å². The molecule has 4 aromatic rings. The Hall–Kier alpha value is -2.64. The minimum absolute atomic E-state index is 0.250. The van der Waals surface area contributed by atoms with Gasteiger partial charge in [-0.25, -0.2) is 0 Å². The monoisotopic (exact) mass is 604 g/mol. The summed E-state index contributed by atoms with van der Waals surface area (Å²) in [6, 6.07) is 31.0. The van der Waals surface area contributed by atoms with Gasteiger partial charge in [-0.15, -0.1) is 11.3 Å². The molecule has 0 atom stereocenters. The second-order valence-corrected chi connectivity index (χ2v) is 14.2. The highest BCUT2D eigenvalue weighted by Crippen LogP contribution is 2.57. The summed E-state index contributed by atoms with van der Waals surface area (Å²) in [6.45, 7) is 4.60. The third kappa shape index (κ3) is 7.77. The van der Waals surface area contributed by atoms with Crippen molar-refractivity contribution in [2.75, 3.05) is 0 Å². The summed E-state index contributed by atoms with van der Waals surface area (Å²) in [5, 5.41) is 2.29. The molecule has 234 valence electrons. The van der Waals surface area contributed by atoms with Crippen molar-refractivity contribution in [2.24, 2.45) is 0 Å². The van der Waals surface area contributed by atoms with Gasteiger partial charge in [-0.1, -0.05) is 177 Å². The van der Waals surface area contributed by atoms with Crippen LogP contribution < -0.4 is 0 Å². The number of hydrogen-bond acceptors (Lipinski definition) is 1. The van der Waals surface area contributed by atoms with Gasteiger partial charge in [0.05, 0.1) is 5.41 Å². The van der Waals surface area contributed by atoms with E-state index in [2.05, 4.69) is 98.1 Å². The van der Waals surface area contributed by atoms with E-state index in [-0.39, 0.29) is 5.41 Å². The molecule has 0 fully saturated rings. The smallest absolute Gasteiger partial charge is 0.0722 e. The van der Waals surface area contributed by atoms with E-state index in [9.17, 15) is 0 Å². The van der Waals surface area contributed by atoms with E-state index in [4.69, 9.17) is 0 Å². The highest BCUT2D eigenvalue weighted by molar-refractivity contribution is 7.14. The molecule has 1 aliphatic rings. The second kappa shape index (κ2) is 17.2. The first-order chi connectivity index (χ1) is 21.8. The fourth-order valence-electron chi connectivity index (χ4n) is 7.52. The van der Waals surface area contributed by atoms with Crippen molar-refractivity contribution in [3.63, 3.8) is 0 Å². The van der Waals surface area contributed by atoms with Crippen LogP contribution in [0.1, 0.15) is 150 Å². The summed E-state index contributed by atoms with van der Waals surface area (Å²) in [4.78, 5) is 1.44. The van der Waals surface area contributed by atoms with Crippen LogP contribution in [0.4, 0.5) is 0 Å². The Labute approximate surface area is 273 Å². The summed E-state index contributed by atoms with van der Waals surface area (Å²) >= 11 is 1.90. The Bertz CT molecular complexity index is 1310. The lowest BCUT2D eigenvalue weighted by atomic mass is 9.68. The molecular weight excluding hydrogens is 549 g/mol. The Morgan fingerprint density at radius 1 is 0.455 bits per heavy atom. The first kappa shape index (κ1) is 32.7. The molecule has 0 N–H and O–H groups in total. The fraction of sp³-hybridized carbons (Fsp3) is 0.488. The largest absolute Gasteiger partial charge is 0.143 e. The van der Waals surface area contributed by atoms with Crippen LogP contribution in [0.3, 0.4) is 0 Å². The average molecular weight is 605 g/mol. The molecular formula is C43H56S. The zero-order valence-electron chi connectivity index (χ0n) is 27.7. The minimum atomic E-state index is -0.250.